The number of methoxy groups -OCH3 is 1. The van der Waals surface area contributed by atoms with Crippen molar-refractivity contribution in [2.45, 2.75) is 13.0 Å². The van der Waals surface area contributed by atoms with Gasteiger partial charge in [0.15, 0.2) is 0 Å². The Kier molecular flexibility index (Phi) is 4.56. The maximum absolute atomic E-state index is 5.24. The summed E-state index contributed by atoms with van der Waals surface area (Å²) in [6.07, 6.45) is 3.58. The number of benzene rings is 1. The smallest absolute Gasteiger partial charge is 0.137 e. The van der Waals surface area contributed by atoms with Crippen molar-refractivity contribution in [3.05, 3.63) is 57.8 Å². The predicted molar refractivity (Wildman–Crippen MR) is 80.6 cm³/mol. The number of nitrogens with one attached hydrogen (secondary N) is 1. The Morgan fingerprint density at radius 1 is 1.26 bits per heavy atom. The van der Waals surface area contributed by atoms with Gasteiger partial charge in [0.1, 0.15) is 5.75 Å². The molecule has 0 aliphatic carbocycles. The Balaban J connectivity index is 2.43. The van der Waals surface area contributed by atoms with Gasteiger partial charge in [-0.3, -0.25) is 4.98 Å². The molecule has 1 heterocycles. The molecule has 0 saturated carbocycles. The summed E-state index contributed by atoms with van der Waals surface area (Å²) in [5.41, 5.74) is 3.56. The first-order chi connectivity index (χ1) is 9.15. The van der Waals surface area contributed by atoms with Gasteiger partial charge < -0.3 is 10.1 Å². The fourth-order valence-corrected chi connectivity index (χ4v) is 2.65. The van der Waals surface area contributed by atoms with Crippen LogP contribution in [0.3, 0.4) is 0 Å². The number of rotatable bonds is 4. The summed E-state index contributed by atoms with van der Waals surface area (Å²) in [7, 11) is 3.60. The second-order valence-corrected chi connectivity index (χ2v) is 5.30. The van der Waals surface area contributed by atoms with Crippen LogP contribution >= 0.6 is 15.9 Å². The van der Waals surface area contributed by atoms with Gasteiger partial charge in [0, 0.05) is 10.7 Å². The highest BCUT2D eigenvalue weighted by Gasteiger charge is 2.15. The zero-order valence-corrected chi connectivity index (χ0v) is 12.9. The van der Waals surface area contributed by atoms with Gasteiger partial charge in [0.2, 0.25) is 0 Å². The van der Waals surface area contributed by atoms with Gasteiger partial charge in [0.25, 0.3) is 0 Å². The molecule has 2 aromatic rings. The minimum Gasteiger partial charge on any atom is -0.495 e. The summed E-state index contributed by atoms with van der Waals surface area (Å²) in [6, 6.07) is 8.42. The van der Waals surface area contributed by atoms with E-state index in [0.29, 0.717) is 0 Å². The molecule has 0 saturated heterocycles. The molecular weight excluding hydrogens is 304 g/mol. The normalized spacial score (nSPS) is 12.2. The monoisotopic (exact) mass is 320 g/mol. The van der Waals surface area contributed by atoms with Crippen LogP contribution in [0.4, 0.5) is 0 Å². The zero-order valence-electron chi connectivity index (χ0n) is 11.3. The third kappa shape index (κ3) is 3.14. The lowest BCUT2D eigenvalue weighted by Crippen LogP contribution is -2.19. The molecule has 1 N–H and O–H groups in total. The first-order valence-electron chi connectivity index (χ1n) is 6.08. The minimum atomic E-state index is 0.107. The molecule has 1 atom stereocenters. The first kappa shape index (κ1) is 14.0. The first-order valence-corrected chi connectivity index (χ1v) is 6.87. The van der Waals surface area contributed by atoms with Gasteiger partial charge in [-0.15, -0.1) is 0 Å². The van der Waals surface area contributed by atoms with Crippen molar-refractivity contribution < 1.29 is 4.74 Å². The summed E-state index contributed by atoms with van der Waals surface area (Å²) in [5, 5.41) is 3.34. The summed E-state index contributed by atoms with van der Waals surface area (Å²) < 4.78 is 6.33. The lowest BCUT2D eigenvalue weighted by molar-refractivity contribution is 0.411. The molecule has 0 aliphatic heterocycles. The standard InChI is InChI=1S/C15H17BrN2O/c1-10-6-12(16)4-5-14(10)15(17-2)11-7-13(19-3)9-18-8-11/h4-9,15,17H,1-3H3. The second-order valence-electron chi connectivity index (χ2n) is 4.38. The van der Waals surface area contributed by atoms with E-state index < -0.39 is 0 Å². The Morgan fingerprint density at radius 2 is 2.05 bits per heavy atom. The maximum Gasteiger partial charge on any atom is 0.137 e. The van der Waals surface area contributed by atoms with Crippen molar-refractivity contribution >= 4 is 15.9 Å². The van der Waals surface area contributed by atoms with Crippen LogP contribution in [0.15, 0.2) is 41.1 Å². The van der Waals surface area contributed by atoms with Gasteiger partial charge in [-0.2, -0.15) is 0 Å². The summed E-state index contributed by atoms with van der Waals surface area (Å²) in [6.45, 7) is 2.11. The van der Waals surface area contributed by atoms with Crippen molar-refractivity contribution in [3.8, 4) is 5.75 Å². The molecule has 19 heavy (non-hydrogen) atoms. The molecule has 1 aromatic heterocycles. The minimum absolute atomic E-state index is 0.107. The van der Waals surface area contributed by atoms with Gasteiger partial charge in [-0.25, -0.2) is 0 Å². The number of ether oxygens (including phenoxy) is 1. The number of hydrogen-bond acceptors (Lipinski definition) is 3. The molecule has 100 valence electrons. The number of pyridine rings is 1. The average molecular weight is 321 g/mol. The van der Waals surface area contributed by atoms with Gasteiger partial charge in [0.05, 0.1) is 19.3 Å². The quantitative estimate of drug-likeness (QED) is 0.936. The predicted octanol–water partition coefficient (Wildman–Crippen LogP) is 3.47. The third-order valence-electron chi connectivity index (χ3n) is 3.13. The third-order valence-corrected chi connectivity index (χ3v) is 3.63. The average Bonchev–Trinajstić information content (AvgIpc) is 2.42. The van der Waals surface area contributed by atoms with Crippen LogP contribution in [0.25, 0.3) is 0 Å². The van der Waals surface area contributed by atoms with Gasteiger partial charge in [-0.05, 0) is 48.9 Å². The Labute approximate surface area is 122 Å². The number of hydrogen-bond donors (Lipinski definition) is 1. The molecule has 0 amide bonds. The van der Waals surface area contributed by atoms with Gasteiger partial charge >= 0.3 is 0 Å². The molecule has 4 heteroatoms. The summed E-state index contributed by atoms with van der Waals surface area (Å²) in [4.78, 5) is 4.22. The van der Waals surface area contributed by atoms with E-state index in [1.54, 1.807) is 13.3 Å². The van der Waals surface area contributed by atoms with Crippen molar-refractivity contribution in [1.82, 2.24) is 10.3 Å². The van der Waals surface area contributed by atoms with E-state index in [2.05, 4.69) is 51.4 Å². The highest BCUT2D eigenvalue weighted by atomic mass is 79.9. The maximum atomic E-state index is 5.24. The molecular formula is C15H17BrN2O. The Bertz CT molecular complexity index is 572. The number of nitrogens with zero attached hydrogens (tertiary/aromatic N) is 1. The fraction of sp³-hybridized carbons (Fsp3) is 0.267. The van der Waals surface area contributed by atoms with Gasteiger partial charge in [-0.1, -0.05) is 22.0 Å². The lowest BCUT2D eigenvalue weighted by atomic mass is 9.96. The van der Waals surface area contributed by atoms with E-state index in [4.69, 9.17) is 4.74 Å². The van der Waals surface area contributed by atoms with Crippen molar-refractivity contribution in [2.75, 3.05) is 14.2 Å². The van der Waals surface area contributed by atoms with Crippen molar-refractivity contribution in [1.29, 1.82) is 0 Å². The zero-order chi connectivity index (χ0) is 13.8. The van der Waals surface area contributed by atoms with Crippen LogP contribution in [-0.4, -0.2) is 19.1 Å². The number of aryl methyl sites for hydroxylation is 1. The highest BCUT2D eigenvalue weighted by Crippen LogP contribution is 2.28. The van der Waals surface area contributed by atoms with E-state index in [0.717, 1.165) is 15.8 Å². The molecule has 0 radical (unpaired) electrons. The summed E-state index contributed by atoms with van der Waals surface area (Å²) in [5.74, 6) is 0.771. The van der Waals surface area contributed by atoms with E-state index in [1.165, 1.54) is 11.1 Å². The molecule has 0 bridgehead atoms. The SMILES string of the molecule is CNC(c1cncc(OC)c1)c1ccc(Br)cc1C. The molecule has 0 aliphatic rings. The summed E-state index contributed by atoms with van der Waals surface area (Å²) >= 11 is 3.49. The molecule has 1 unspecified atom stereocenters. The van der Waals surface area contributed by atoms with E-state index >= 15 is 0 Å². The molecule has 0 spiro atoms. The van der Waals surface area contributed by atoms with E-state index in [9.17, 15) is 0 Å². The molecule has 2 rings (SSSR count). The van der Waals surface area contributed by atoms with E-state index in [-0.39, 0.29) is 6.04 Å². The van der Waals surface area contributed by atoms with E-state index in [1.807, 2.05) is 19.3 Å². The van der Waals surface area contributed by atoms with Crippen LogP contribution < -0.4 is 10.1 Å². The second kappa shape index (κ2) is 6.17. The topological polar surface area (TPSA) is 34.2 Å². The van der Waals surface area contributed by atoms with Crippen LogP contribution in [0, 0.1) is 6.92 Å². The Hall–Kier alpha value is -1.39. The fourth-order valence-electron chi connectivity index (χ4n) is 2.17. The molecule has 1 aromatic carbocycles. The number of aromatic nitrogens is 1. The van der Waals surface area contributed by atoms with Crippen LogP contribution in [0.1, 0.15) is 22.7 Å². The van der Waals surface area contributed by atoms with Crippen molar-refractivity contribution in [3.63, 3.8) is 0 Å². The molecule has 0 fully saturated rings. The lowest BCUT2D eigenvalue weighted by Gasteiger charge is -2.19. The van der Waals surface area contributed by atoms with Crippen LogP contribution in [0.2, 0.25) is 0 Å². The number of halogens is 1. The highest BCUT2D eigenvalue weighted by molar-refractivity contribution is 9.10. The molecule has 3 nitrogen and oxygen atoms in total. The largest absolute Gasteiger partial charge is 0.495 e. The Morgan fingerprint density at radius 3 is 2.68 bits per heavy atom. The van der Waals surface area contributed by atoms with Crippen molar-refractivity contribution in [2.24, 2.45) is 0 Å². The van der Waals surface area contributed by atoms with Crippen LogP contribution in [0.5, 0.6) is 5.75 Å². The van der Waals surface area contributed by atoms with Crippen LogP contribution in [-0.2, 0) is 0 Å².